The van der Waals surface area contributed by atoms with E-state index in [-0.39, 0.29) is 23.0 Å². The molecule has 1 aliphatic rings. The van der Waals surface area contributed by atoms with E-state index in [2.05, 4.69) is 4.98 Å². The maximum atomic E-state index is 13.4. The second kappa shape index (κ2) is 9.38. The Morgan fingerprint density at radius 2 is 1.84 bits per heavy atom. The van der Waals surface area contributed by atoms with Crippen molar-refractivity contribution < 1.29 is 19.4 Å². The van der Waals surface area contributed by atoms with E-state index < -0.39 is 11.8 Å². The number of methoxy groups -OCH3 is 1. The summed E-state index contributed by atoms with van der Waals surface area (Å²) in [6.07, 6.45) is 4.68. The first kappa shape index (κ1) is 24.5. The van der Waals surface area contributed by atoms with Gasteiger partial charge in [0.1, 0.15) is 0 Å². The van der Waals surface area contributed by atoms with E-state index in [1.165, 1.54) is 4.57 Å². The highest BCUT2D eigenvalue weighted by atomic mass is 16.5. The van der Waals surface area contributed by atoms with Crippen LogP contribution in [0.1, 0.15) is 52.0 Å². The SMILES string of the molecule is COc1ccc(-c2ccnc(-n3c(=O)n(C(=O)O)c4cccc(C(C)(C)C)c43)n2)cc1OC1CCCC1. The van der Waals surface area contributed by atoms with Crippen LogP contribution < -0.4 is 15.2 Å². The molecule has 192 valence electrons. The predicted molar refractivity (Wildman–Crippen MR) is 140 cm³/mol. The van der Waals surface area contributed by atoms with Crippen LogP contribution in [-0.2, 0) is 5.41 Å². The van der Waals surface area contributed by atoms with Crippen LogP contribution in [0, 0.1) is 0 Å². The Morgan fingerprint density at radius 3 is 2.51 bits per heavy atom. The molecular weight excluding hydrogens is 472 g/mol. The Morgan fingerprint density at radius 1 is 1.08 bits per heavy atom. The summed E-state index contributed by atoms with van der Waals surface area (Å²) in [5, 5.41) is 9.83. The predicted octanol–water partition coefficient (Wildman–Crippen LogP) is 5.40. The van der Waals surface area contributed by atoms with Crippen molar-refractivity contribution in [2.75, 3.05) is 7.11 Å². The van der Waals surface area contributed by atoms with E-state index in [1.807, 2.05) is 45.0 Å². The van der Waals surface area contributed by atoms with Crippen molar-refractivity contribution in [3.05, 3.63) is 64.7 Å². The van der Waals surface area contributed by atoms with E-state index in [4.69, 9.17) is 14.5 Å². The average Bonchev–Trinajstić information content (AvgIpc) is 3.48. The Bertz CT molecular complexity index is 1540. The highest BCUT2D eigenvalue weighted by Crippen LogP contribution is 2.35. The lowest BCUT2D eigenvalue weighted by Gasteiger charge is -2.21. The topological polar surface area (TPSA) is 108 Å². The third-order valence-electron chi connectivity index (χ3n) is 6.76. The number of rotatable bonds is 5. The van der Waals surface area contributed by atoms with Gasteiger partial charge in [0.25, 0.3) is 0 Å². The lowest BCUT2D eigenvalue weighted by Crippen LogP contribution is -2.28. The summed E-state index contributed by atoms with van der Waals surface area (Å²) in [5.41, 5.74) is 1.81. The quantitative estimate of drug-likeness (QED) is 0.389. The minimum absolute atomic E-state index is 0.0956. The molecule has 0 amide bonds. The molecule has 37 heavy (non-hydrogen) atoms. The molecule has 0 spiro atoms. The van der Waals surface area contributed by atoms with Crippen LogP contribution in [-0.4, -0.2) is 43.5 Å². The van der Waals surface area contributed by atoms with E-state index in [1.54, 1.807) is 31.5 Å². The molecule has 2 heterocycles. The molecule has 2 aromatic heterocycles. The second-order valence-corrected chi connectivity index (χ2v) is 10.3. The van der Waals surface area contributed by atoms with Gasteiger partial charge in [-0.25, -0.2) is 24.1 Å². The Balaban J connectivity index is 1.67. The van der Waals surface area contributed by atoms with Crippen molar-refractivity contribution >= 4 is 17.1 Å². The van der Waals surface area contributed by atoms with Crippen molar-refractivity contribution in [1.82, 2.24) is 19.1 Å². The first-order chi connectivity index (χ1) is 17.7. The molecule has 0 aliphatic heterocycles. The van der Waals surface area contributed by atoms with Crippen LogP contribution in [0.4, 0.5) is 4.79 Å². The number of carboxylic acid groups (broad SMARTS) is 1. The highest BCUT2D eigenvalue weighted by Gasteiger charge is 2.27. The van der Waals surface area contributed by atoms with Crippen LogP contribution in [0.15, 0.2) is 53.5 Å². The normalized spacial score (nSPS) is 14.3. The number of para-hydroxylation sites is 1. The Labute approximate surface area is 214 Å². The zero-order valence-corrected chi connectivity index (χ0v) is 21.4. The molecule has 4 aromatic rings. The number of hydrogen-bond acceptors (Lipinski definition) is 6. The molecule has 5 rings (SSSR count). The molecule has 0 atom stereocenters. The summed E-state index contributed by atoms with van der Waals surface area (Å²) in [5.74, 6) is 1.38. The number of carbonyl (C=O) groups is 1. The van der Waals surface area contributed by atoms with Gasteiger partial charge in [-0.2, -0.15) is 4.57 Å². The molecule has 9 heteroatoms. The third-order valence-corrected chi connectivity index (χ3v) is 6.76. The van der Waals surface area contributed by atoms with Crippen LogP contribution in [0.2, 0.25) is 0 Å². The molecule has 0 radical (unpaired) electrons. The van der Waals surface area contributed by atoms with Crippen LogP contribution in [0.3, 0.4) is 0 Å². The van der Waals surface area contributed by atoms with E-state index >= 15 is 0 Å². The maximum absolute atomic E-state index is 13.4. The van der Waals surface area contributed by atoms with E-state index in [0.29, 0.717) is 22.7 Å². The molecule has 1 fully saturated rings. The number of imidazole rings is 1. The number of nitrogens with zero attached hydrogens (tertiary/aromatic N) is 4. The summed E-state index contributed by atoms with van der Waals surface area (Å²) < 4.78 is 13.8. The molecule has 0 bridgehead atoms. The summed E-state index contributed by atoms with van der Waals surface area (Å²) in [4.78, 5) is 34.5. The van der Waals surface area contributed by atoms with Gasteiger partial charge in [0.2, 0.25) is 5.95 Å². The first-order valence-electron chi connectivity index (χ1n) is 12.4. The van der Waals surface area contributed by atoms with Gasteiger partial charge in [-0.05, 0) is 67.0 Å². The summed E-state index contributed by atoms with van der Waals surface area (Å²) in [6.45, 7) is 6.03. The number of aromatic nitrogens is 4. The molecule has 2 aromatic carbocycles. The fourth-order valence-corrected chi connectivity index (χ4v) is 4.95. The van der Waals surface area contributed by atoms with Gasteiger partial charge in [-0.3, -0.25) is 0 Å². The smallest absolute Gasteiger partial charge is 0.420 e. The van der Waals surface area contributed by atoms with Crippen molar-refractivity contribution in [3.63, 3.8) is 0 Å². The fraction of sp³-hybridized carbons (Fsp3) is 0.357. The van der Waals surface area contributed by atoms with Crippen LogP contribution in [0.5, 0.6) is 11.5 Å². The summed E-state index contributed by atoms with van der Waals surface area (Å²) in [7, 11) is 1.61. The highest BCUT2D eigenvalue weighted by molar-refractivity contribution is 5.89. The minimum atomic E-state index is -1.36. The van der Waals surface area contributed by atoms with Crippen LogP contribution in [0.25, 0.3) is 28.2 Å². The second-order valence-electron chi connectivity index (χ2n) is 10.3. The largest absolute Gasteiger partial charge is 0.493 e. The lowest BCUT2D eigenvalue weighted by molar-refractivity contribution is 0.196. The van der Waals surface area contributed by atoms with E-state index in [9.17, 15) is 14.7 Å². The minimum Gasteiger partial charge on any atom is -0.493 e. The van der Waals surface area contributed by atoms with Crippen molar-refractivity contribution in [1.29, 1.82) is 0 Å². The number of benzene rings is 2. The summed E-state index contributed by atoms with van der Waals surface area (Å²) >= 11 is 0. The monoisotopic (exact) mass is 502 g/mol. The molecule has 9 nitrogen and oxygen atoms in total. The summed E-state index contributed by atoms with van der Waals surface area (Å²) in [6, 6.07) is 12.6. The maximum Gasteiger partial charge on any atom is 0.420 e. The third kappa shape index (κ3) is 4.45. The lowest BCUT2D eigenvalue weighted by atomic mass is 9.86. The number of ether oxygens (including phenoxy) is 2. The number of fused-ring (bicyclic) bond motifs is 1. The molecule has 1 saturated carbocycles. The van der Waals surface area contributed by atoms with Gasteiger partial charge in [-0.1, -0.05) is 32.9 Å². The van der Waals surface area contributed by atoms with Gasteiger partial charge in [0, 0.05) is 11.8 Å². The van der Waals surface area contributed by atoms with Crippen molar-refractivity contribution in [2.45, 2.75) is 58.0 Å². The Kier molecular flexibility index (Phi) is 6.23. The van der Waals surface area contributed by atoms with Gasteiger partial charge in [0.15, 0.2) is 11.5 Å². The molecule has 1 N–H and O–H groups in total. The van der Waals surface area contributed by atoms with Crippen molar-refractivity contribution in [2.24, 2.45) is 0 Å². The van der Waals surface area contributed by atoms with Crippen molar-refractivity contribution in [3.8, 4) is 28.7 Å². The molecule has 0 unspecified atom stereocenters. The number of hydrogen-bond donors (Lipinski definition) is 1. The molecular formula is C28H30N4O5. The molecule has 0 saturated heterocycles. The zero-order chi connectivity index (χ0) is 26.3. The van der Waals surface area contributed by atoms with Gasteiger partial charge in [0.05, 0.1) is 29.9 Å². The van der Waals surface area contributed by atoms with E-state index in [0.717, 1.165) is 41.4 Å². The van der Waals surface area contributed by atoms with Gasteiger partial charge in [-0.15, -0.1) is 0 Å². The fourth-order valence-electron chi connectivity index (χ4n) is 4.95. The average molecular weight is 503 g/mol. The zero-order valence-electron chi connectivity index (χ0n) is 21.4. The first-order valence-corrected chi connectivity index (χ1v) is 12.4. The van der Waals surface area contributed by atoms with Crippen LogP contribution >= 0.6 is 0 Å². The molecule has 1 aliphatic carbocycles. The van der Waals surface area contributed by atoms with Gasteiger partial charge < -0.3 is 14.6 Å². The Hall–Kier alpha value is -4.14. The van der Waals surface area contributed by atoms with Gasteiger partial charge >= 0.3 is 11.8 Å². The standard InChI is InChI=1S/C28H30N4O5/c1-28(2,3)19-10-7-11-21-24(19)32(26(33)31(21)27(34)35)25-29-15-14-20(30-25)17-12-13-22(36-4)23(16-17)37-18-8-5-6-9-18/h7,10-16,18H,5-6,8-9H2,1-4H3,(H,34,35).